The van der Waals surface area contributed by atoms with Crippen molar-refractivity contribution in [1.29, 1.82) is 0 Å². The summed E-state index contributed by atoms with van der Waals surface area (Å²) in [6.45, 7) is 3.40. The molecule has 6 nitrogen and oxygen atoms in total. The van der Waals surface area contributed by atoms with Crippen molar-refractivity contribution >= 4 is 23.0 Å². The van der Waals surface area contributed by atoms with Gasteiger partial charge in [0.2, 0.25) is 0 Å². The molecule has 7 heteroatoms. The number of nitrogens with zero attached hydrogens (tertiary/aromatic N) is 3. The van der Waals surface area contributed by atoms with Gasteiger partial charge < -0.3 is 10.2 Å². The quantitative estimate of drug-likeness (QED) is 0.638. The number of rotatable bonds is 7. The van der Waals surface area contributed by atoms with Crippen LogP contribution in [0.5, 0.6) is 5.75 Å². The average Bonchev–Trinajstić information content (AvgIpc) is 3.09. The number of hydrogen-bond donors (Lipinski definition) is 2. The topological polar surface area (TPSA) is 64.0 Å². The van der Waals surface area contributed by atoms with E-state index in [1.54, 1.807) is 17.1 Å². The van der Waals surface area contributed by atoms with Gasteiger partial charge in [0.25, 0.3) is 0 Å². The molecule has 0 fully saturated rings. The molecular weight excluding hydrogens is 326 g/mol. The SMILES string of the molecule is CCNc1ccccc1NOc1ccc(Cl)cc1Cn1cncn1. The van der Waals surface area contributed by atoms with E-state index in [1.807, 2.05) is 43.3 Å². The molecule has 0 atom stereocenters. The average molecular weight is 344 g/mol. The van der Waals surface area contributed by atoms with Crippen LogP contribution in [0.2, 0.25) is 5.02 Å². The van der Waals surface area contributed by atoms with Crippen molar-refractivity contribution in [2.75, 3.05) is 17.3 Å². The molecule has 0 saturated heterocycles. The third kappa shape index (κ3) is 3.97. The van der Waals surface area contributed by atoms with E-state index < -0.39 is 0 Å². The van der Waals surface area contributed by atoms with E-state index in [1.165, 1.54) is 6.33 Å². The van der Waals surface area contributed by atoms with Crippen molar-refractivity contribution < 1.29 is 4.84 Å². The molecule has 0 radical (unpaired) electrons. The lowest BCUT2D eigenvalue weighted by molar-refractivity contribution is 0.398. The Balaban J connectivity index is 1.78. The maximum Gasteiger partial charge on any atom is 0.160 e. The van der Waals surface area contributed by atoms with E-state index in [0.717, 1.165) is 23.5 Å². The van der Waals surface area contributed by atoms with E-state index in [2.05, 4.69) is 20.9 Å². The summed E-state index contributed by atoms with van der Waals surface area (Å²) in [5.74, 6) is 0.682. The van der Waals surface area contributed by atoms with Crippen molar-refractivity contribution in [2.45, 2.75) is 13.5 Å². The summed E-state index contributed by atoms with van der Waals surface area (Å²) in [5, 5.41) is 8.05. The summed E-state index contributed by atoms with van der Waals surface area (Å²) >= 11 is 6.11. The third-order valence-electron chi connectivity index (χ3n) is 3.39. The van der Waals surface area contributed by atoms with Crippen LogP contribution in [0.15, 0.2) is 55.1 Å². The Labute approximate surface area is 145 Å². The zero-order chi connectivity index (χ0) is 16.8. The Morgan fingerprint density at radius 1 is 1.17 bits per heavy atom. The standard InChI is InChI=1S/C17H18ClN5O/c1-2-20-15-5-3-4-6-16(15)22-24-17-8-7-14(18)9-13(17)10-23-12-19-11-21-23/h3-9,11-12,20,22H,2,10H2,1H3. The monoisotopic (exact) mass is 343 g/mol. The first-order valence-electron chi connectivity index (χ1n) is 7.63. The van der Waals surface area contributed by atoms with Gasteiger partial charge >= 0.3 is 0 Å². The van der Waals surface area contributed by atoms with Gasteiger partial charge in [-0.2, -0.15) is 5.10 Å². The summed E-state index contributed by atoms with van der Waals surface area (Å²) in [4.78, 5) is 9.75. The predicted molar refractivity (Wildman–Crippen MR) is 95.4 cm³/mol. The normalized spacial score (nSPS) is 10.4. The van der Waals surface area contributed by atoms with Crippen molar-refractivity contribution in [1.82, 2.24) is 14.8 Å². The summed E-state index contributed by atoms with van der Waals surface area (Å²) in [6.07, 6.45) is 3.15. The van der Waals surface area contributed by atoms with Gasteiger partial charge in [0.05, 0.1) is 17.9 Å². The van der Waals surface area contributed by atoms with Crippen LogP contribution in [0.4, 0.5) is 11.4 Å². The first-order valence-corrected chi connectivity index (χ1v) is 8.00. The van der Waals surface area contributed by atoms with E-state index in [0.29, 0.717) is 17.3 Å². The summed E-state index contributed by atoms with van der Waals surface area (Å²) in [7, 11) is 0. The number of anilines is 2. The first kappa shape index (κ1) is 16.1. The summed E-state index contributed by atoms with van der Waals surface area (Å²) < 4.78 is 1.71. The van der Waals surface area contributed by atoms with Crippen LogP contribution in [-0.2, 0) is 6.54 Å². The molecule has 3 aromatic rings. The molecule has 1 aromatic heterocycles. The summed E-state index contributed by atoms with van der Waals surface area (Å²) in [6, 6.07) is 13.3. The third-order valence-corrected chi connectivity index (χ3v) is 3.62. The van der Waals surface area contributed by atoms with Gasteiger partial charge in [-0.1, -0.05) is 23.7 Å². The Bertz CT molecular complexity index is 791. The maximum absolute atomic E-state index is 6.11. The minimum Gasteiger partial charge on any atom is -0.384 e. The Morgan fingerprint density at radius 2 is 2.00 bits per heavy atom. The van der Waals surface area contributed by atoms with E-state index in [4.69, 9.17) is 16.4 Å². The van der Waals surface area contributed by atoms with Crippen LogP contribution in [0.25, 0.3) is 0 Å². The van der Waals surface area contributed by atoms with Crippen LogP contribution in [0.3, 0.4) is 0 Å². The molecular formula is C17H18ClN5O. The smallest absolute Gasteiger partial charge is 0.160 e. The minimum atomic E-state index is 0.520. The highest BCUT2D eigenvalue weighted by atomic mass is 35.5. The van der Waals surface area contributed by atoms with Gasteiger partial charge in [0.1, 0.15) is 12.7 Å². The molecule has 0 unspecified atom stereocenters. The van der Waals surface area contributed by atoms with Gasteiger partial charge in [0, 0.05) is 17.1 Å². The van der Waals surface area contributed by atoms with Gasteiger partial charge in [-0.3, -0.25) is 0 Å². The fourth-order valence-electron chi connectivity index (χ4n) is 2.29. The molecule has 0 bridgehead atoms. The largest absolute Gasteiger partial charge is 0.384 e. The fourth-order valence-corrected chi connectivity index (χ4v) is 2.48. The van der Waals surface area contributed by atoms with Crippen LogP contribution in [0.1, 0.15) is 12.5 Å². The lowest BCUT2D eigenvalue weighted by atomic mass is 10.2. The molecule has 0 aliphatic rings. The Kier molecular flexibility index (Phi) is 5.18. The van der Waals surface area contributed by atoms with Crippen LogP contribution >= 0.6 is 11.6 Å². The molecule has 3 rings (SSSR count). The van der Waals surface area contributed by atoms with E-state index in [9.17, 15) is 0 Å². The first-order chi connectivity index (χ1) is 11.8. The molecule has 0 amide bonds. The lowest BCUT2D eigenvalue weighted by Gasteiger charge is -2.15. The zero-order valence-corrected chi connectivity index (χ0v) is 14.0. The number of nitrogens with one attached hydrogen (secondary N) is 2. The zero-order valence-electron chi connectivity index (χ0n) is 13.2. The molecule has 2 N–H and O–H groups in total. The van der Waals surface area contributed by atoms with Crippen LogP contribution in [0, 0.1) is 0 Å². The molecule has 0 spiro atoms. The fraction of sp³-hybridized carbons (Fsp3) is 0.176. The van der Waals surface area contributed by atoms with Crippen molar-refractivity contribution in [3.63, 3.8) is 0 Å². The highest BCUT2D eigenvalue weighted by molar-refractivity contribution is 6.30. The van der Waals surface area contributed by atoms with Gasteiger partial charge in [-0.25, -0.2) is 15.1 Å². The molecule has 24 heavy (non-hydrogen) atoms. The molecule has 1 heterocycles. The second-order valence-corrected chi connectivity index (χ2v) is 5.56. The van der Waals surface area contributed by atoms with Gasteiger partial charge in [0.15, 0.2) is 5.75 Å². The maximum atomic E-state index is 6.11. The summed E-state index contributed by atoms with van der Waals surface area (Å²) in [5.41, 5.74) is 5.75. The van der Waals surface area contributed by atoms with E-state index in [-0.39, 0.29) is 0 Å². The number of hydrogen-bond acceptors (Lipinski definition) is 5. The highest BCUT2D eigenvalue weighted by Crippen LogP contribution is 2.26. The second-order valence-electron chi connectivity index (χ2n) is 5.13. The van der Waals surface area contributed by atoms with Crippen molar-refractivity contribution in [3.05, 3.63) is 65.7 Å². The number of aromatic nitrogens is 3. The number of para-hydroxylation sites is 2. The predicted octanol–water partition coefficient (Wildman–Crippen LogP) is 3.82. The Morgan fingerprint density at radius 3 is 2.75 bits per heavy atom. The number of benzene rings is 2. The lowest BCUT2D eigenvalue weighted by Crippen LogP contribution is -2.10. The van der Waals surface area contributed by atoms with Gasteiger partial charge in [-0.15, -0.1) is 0 Å². The van der Waals surface area contributed by atoms with Gasteiger partial charge in [-0.05, 0) is 37.3 Å². The molecule has 0 saturated carbocycles. The van der Waals surface area contributed by atoms with Crippen molar-refractivity contribution in [2.24, 2.45) is 0 Å². The van der Waals surface area contributed by atoms with Crippen LogP contribution < -0.4 is 15.6 Å². The minimum absolute atomic E-state index is 0.520. The molecule has 0 aliphatic carbocycles. The molecule has 124 valence electrons. The molecule has 0 aliphatic heterocycles. The number of halogens is 1. The van der Waals surface area contributed by atoms with Crippen LogP contribution in [-0.4, -0.2) is 21.3 Å². The molecule has 2 aromatic carbocycles. The van der Waals surface area contributed by atoms with Crippen molar-refractivity contribution in [3.8, 4) is 5.75 Å². The van der Waals surface area contributed by atoms with E-state index >= 15 is 0 Å². The highest BCUT2D eigenvalue weighted by Gasteiger charge is 2.08. The second kappa shape index (κ2) is 7.70. The Hall–Kier alpha value is -2.73.